The third-order valence-corrected chi connectivity index (χ3v) is 2.94. The summed E-state index contributed by atoms with van der Waals surface area (Å²) in [5.74, 6) is 0.798. The van der Waals surface area contributed by atoms with Crippen molar-refractivity contribution in [3.63, 3.8) is 0 Å². The Kier molecular flexibility index (Phi) is 6.24. The fourth-order valence-electron chi connectivity index (χ4n) is 1.67. The number of nitrogens with one attached hydrogen (secondary N) is 1. The summed E-state index contributed by atoms with van der Waals surface area (Å²) in [6, 6.07) is 4.14. The Morgan fingerprint density at radius 2 is 2.19 bits per heavy atom. The molecule has 1 rings (SSSR count). The monoisotopic (exact) mass is 240 g/mol. The zero-order chi connectivity index (χ0) is 11.8. The predicted molar refractivity (Wildman–Crippen MR) is 71.1 cm³/mol. The van der Waals surface area contributed by atoms with Crippen molar-refractivity contribution in [2.45, 2.75) is 52.0 Å². The van der Waals surface area contributed by atoms with E-state index in [9.17, 15) is 0 Å². The minimum atomic E-state index is 0.434. The molecule has 1 aromatic heterocycles. The Morgan fingerprint density at radius 1 is 1.38 bits per heavy atom. The number of aromatic nitrogens is 1. The second-order valence-corrected chi connectivity index (χ2v) is 4.64. The van der Waals surface area contributed by atoms with Crippen LogP contribution in [0.2, 0.25) is 5.02 Å². The number of rotatable bonds is 7. The molecular formula is C13H21ClN2. The van der Waals surface area contributed by atoms with E-state index in [0.717, 1.165) is 5.82 Å². The first-order valence-electron chi connectivity index (χ1n) is 6.11. The van der Waals surface area contributed by atoms with E-state index in [1.807, 2.05) is 12.1 Å². The van der Waals surface area contributed by atoms with Gasteiger partial charge in [-0.2, -0.15) is 0 Å². The highest BCUT2D eigenvalue weighted by Crippen LogP contribution is 2.19. The lowest BCUT2D eigenvalue weighted by atomic mass is 10.1. The maximum absolute atomic E-state index is 6.03. The smallest absolute Gasteiger partial charge is 0.144 e. The minimum Gasteiger partial charge on any atom is -0.366 e. The van der Waals surface area contributed by atoms with Crippen molar-refractivity contribution < 1.29 is 0 Å². The molecule has 0 aromatic carbocycles. The molecule has 16 heavy (non-hydrogen) atoms. The van der Waals surface area contributed by atoms with Gasteiger partial charge in [-0.3, -0.25) is 0 Å². The Labute approximate surface area is 103 Å². The molecule has 0 aliphatic rings. The zero-order valence-electron chi connectivity index (χ0n) is 10.2. The number of unbranched alkanes of at least 4 members (excludes halogenated alkanes) is 3. The molecule has 1 N–H and O–H groups in total. The van der Waals surface area contributed by atoms with Crippen LogP contribution in [-0.2, 0) is 0 Å². The van der Waals surface area contributed by atoms with Gasteiger partial charge in [0.2, 0.25) is 0 Å². The molecule has 1 aromatic rings. The van der Waals surface area contributed by atoms with Gasteiger partial charge in [-0.1, -0.05) is 44.2 Å². The van der Waals surface area contributed by atoms with Crippen LogP contribution in [0.1, 0.15) is 46.0 Å². The van der Waals surface area contributed by atoms with Crippen molar-refractivity contribution >= 4 is 17.4 Å². The first kappa shape index (κ1) is 13.3. The maximum atomic E-state index is 6.03. The Bertz CT molecular complexity index is 302. The zero-order valence-corrected chi connectivity index (χ0v) is 10.9. The third-order valence-electron chi connectivity index (χ3n) is 2.63. The van der Waals surface area contributed by atoms with Gasteiger partial charge in [-0.05, 0) is 25.5 Å². The predicted octanol–water partition coefficient (Wildman–Crippen LogP) is 4.51. The number of hydrogen-bond acceptors (Lipinski definition) is 2. The van der Waals surface area contributed by atoms with Crippen LogP contribution in [0.25, 0.3) is 0 Å². The van der Waals surface area contributed by atoms with Gasteiger partial charge in [-0.15, -0.1) is 0 Å². The molecule has 0 bridgehead atoms. The highest BCUT2D eigenvalue weighted by Gasteiger charge is 2.05. The van der Waals surface area contributed by atoms with E-state index >= 15 is 0 Å². The molecule has 0 amide bonds. The van der Waals surface area contributed by atoms with Gasteiger partial charge in [0.05, 0.1) is 5.02 Å². The number of anilines is 1. The molecule has 3 heteroatoms. The van der Waals surface area contributed by atoms with Gasteiger partial charge >= 0.3 is 0 Å². The van der Waals surface area contributed by atoms with Crippen LogP contribution in [0, 0.1) is 0 Å². The van der Waals surface area contributed by atoms with E-state index in [1.165, 1.54) is 32.1 Å². The van der Waals surface area contributed by atoms with Gasteiger partial charge in [0.15, 0.2) is 0 Å². The fraction of sp³-hybridized carbons (Fsp3) is 0.615. The molecule has 1 heterocycles. The van der Waals surface area contributed by atoms with Crippen molar-refractivity contribution in [3.8, 4) is 0 Å². The molecule has 0 saturated heterocycles. The topological polar surface area (TPSA) is 24.9 Å². The summed E-state index contributed by atoms with van der Waals surface area (Å²) in [4.78, 5) is 4.22. The Hall–Kier alpha value is -0.760. The van der Waals surface area contributed by atoms with Crippen LogP contribution in [0.4, 0.5) is 5.82 Å². The van der Waals surface area contributed by atoms with Crippen LogP contribution in [-0.4, -0.2) is 11.0 Å². The molecule has 0 saturated carbocycles. The highest BCUT2D eigenvalue weighted by atomic mass is 35.5. The average molecular weight is 241 g/mol. The average Bonchev–Trinajstić information content (AvgIpc) is 2.28. The Balaban J connectivity index is 2.28. The standard InChI is InChI=1S/C13H21ClN2/c1-3-4-5-6-8-11(2)16-13-12(14)9-7-10-15-13/h7,9-11H,3-6,8H2,1-2H3,(H,15,16). The van der Waals surface area contributed by atoms with E-state index in [4.69, 9.17) is 11.6 Å². The van der Waals surface area contributed by atoms with E-state index in [-0.39, 0.29) is 0 Å². The van der Waals surface area contributed by atoms with E-state index < -0.39 is 0 Å². The fourth-order valence-corrected chi connectivity index (χ4v) is 1.85. The van der Waals surface area contributed by atoms with Crippen LogP contribution in [0.5, 0.6) is 0 Å². The number of nitrogens with zero attached hydrogens (tertiary/aromatic N) is 1. The summed E-state index contributed by atoms with van der Waals surface area (Å²) in [7, 11) is 0. The molecule has 0 spiro atoms. The normalized spacial score (nSPS) is 12.4. The van der Waals surface area contributed by atoms with Crippen LogP contribution in [0.3, 0.4) is 0 Å². The maximum Gasteiger partial charge on any atom is 0.144 e. The minimum absolute atomic E-state index is 0.434. The lowest BCUT2D eigenvalue weighted by molar-refractivity contribution is 0.593. The summed E-state index contributed by atoms with van der Waals surface area (Å²) in [5.41, 5.74) is 0. The van der Waals surface area contributed by atoms with E-state index in [2.05, 4.69) is 24.1 Å². The second-order valence-electron chi connectivity index (χ2n) is 4.23. The molecule has 1 unspecified atom stereocenters. The Morgan fingerprint density at radius 3 is 2.88 bits per heavy atom. The largest absolute Gasteiger partial charge is 0.366 e. The van der Waals surface area contributed by atoms with Crippen molar-refractivity contribution in [2.24, 2.45) is 0 Å². The molecular weight excluding hydrogens is 220 g/mol. The molecule has 0 aliphatic carbocycles. The first-order chi connectivity index (χ1) is 7.74. The summed E-state index contributed by atoms with van der Waals surface area (Å²) < 4.78 is 0. The summed E-state index contributed by atoms with van der Waals surface area (Å²) >= 11 is 6.03. The van der Waals surface area contributed by atoms with Crippen molar-refractivity contribution in [2.75, 3.05) is 5.32 Å². The van der Waals surface area contributed by atoms with Crippen molar-refractivity contribution in [1.82, 2.24) is 4.98 Å². The molecule has 0 fully saturated rings. The van der Waals surface area contributed by atoms with Gasteiger partial charge in [0.1, 0.15) is 5.82 Å². The van der Waals surface area contributed by atoms with E-state index in [1.54, 1.807) is 6.20 Å². The molecule has 1 atom stereocenters. The molecule has 2 nitrogen and oxygen atoms in total. The molecule has 0 radical (unpaired) electrons. The lowest BCUT2D eigenvalue weighted by Gasteiger charge is -2.14. The third kappa shape index (κ3) is 4.84. The first-order valence-corrected chi connectivity index (χ1v) is 6.49. The lowest BCUT2D eigenvalue weighted by Crippen LogP contribution is -2.16. The molecule has 90 valence electrons. The van der Waals surface area contributed by atoms with Crippen LogP contribution < -0.4 is 5.32 Å². The summed E-state index contributed by atoms with van der Waals surface area (Å²) in [6.45, 7) is 4.41. The number of pyridine rings is 1. The van der Waals surface area contributed by atoms with Crippen LogP contribution >= 0.6 is 11.6 Å². The highest BCUT2D eigenvalue weighted by molar-refractivity contribution is 6.32. The van der Waals surface area contributed by atoms with Crippen LogP contribution in [0.15, 0.2) is 18.3 Å². The molecule has 0 aliphatic heterocycles. The summed E-state index contributed by atoms with van der Waals surface area (Å²) in [5, 5.41) is 4.04. The quantitative estimate of drug-likeness (QED) is 0.710. The summed E-state index contributed by atoms with van der Waals surface area (Å²) in [6.07, 6.45) is 8.14. The number of halogens is 1. The van der Waals surface area contributed by atoms with E-state index in [0.29, 0.717) is 11.1 Å². The number of hydrogen-bond donors (Lipinski definition) is 1. The SMILES string of the molecule is CCCCCCC(C)Nc1ncccc1Cl. The van der Waals surface area contributed by atoms with Gasteiger partial charge < -0.3 is 5.32 Å². The second kappa shape index (κ2) is 7.50. The van der Waals surface area contributed by atoms with Gasteiger partial charge in [-0.25, -0.2) is 4.98 Å². The van der Waals surface area contributed by atoms with Crippen molar-refractivity contribution in [3.05, 3.63) is 23.4 Å². The van der Waals surface area contributed by atoms with Gasteiger partial charge in [0, 0.05) is 12.2 Å². The van der Waals surface area contributed by atoms with Gasteiger partial charge in [0.25, 0.3) is 0 Å². The van der Waals surface area contributed by atoms with Crippen molar-refractivity contribution in [1.29, 1.82) is 0 Å².